The van der Waals surface area contributed by atoms with Crippen molar-refractivity contribution in [2.45, 2.75) is 19.9 Å². The molecule has 0 radical (unpaired) electrons. The van der Waals surface area contributed by atoms with Gasteiger partial charge in [-0.1, -0.05) is 0 Å². The van der Waals surface area contributed by atoms with Gasteiger partial charge in [0.25, 0.3) is 0 Å². The molecule has 6 nitrogen and oxygen atoms in total. The van der Waals surface area contributed by atoms with Gasteiger partial charge in [0.15, 0.2) is 11.5 Å². The summed E-state index contributed by atoms with van der Waals surface area (Å²) in [6.45, 7) is 6.01. The first-order valence-corrected chi connectivity index (χ1v) is 9.32. The van der Waals surface area contributed by atoms with Crippen molar-refractivity contribution in [2.24, 2.45) is 11.8 Å². The first-order valence-electron chi connectivity index (χ1n) is 9.32. The maximum atomic E-state index is 14.9. The summed E-state index contributed by atoms with van der Waals surface area (Å²) >= 11 is 0. The van der Waals surface area contributed by atoms with Crippen LogP contribution in [0.2, 0.25) is 0 Å². The highest BCUT2D eigenvalue weighted by atomic mass is 19.1. The Morgan fingerprint density at radius 3 is 2.81 bits per heavy atom. The van der Waals surface area contributed by atoms with E-state index in [1.807, 2.05) is 36.9 Å². The van der Waals surface area contributed by atoms with Crippen LogP contribution in [0, 0.1) is 31.5 Å². The van der Waals surface area contributed by atoms with Gasteiger partial charge >= 0.3 is 0 Å². The molecule has 7 heteroatoms. The highest BCUT2D eigenvalue weighted by Gasteiger charge is 2.54. The van der Waals surface area contributed by atoms with Crippen molar-refractivity contribution < 1.29 is 4.39 Å². The third-order valence-electron chi connectivity index (χ3n) is 6.09. The number of aromatic nitrogens is 5. The summed E-state index contributed by atoms with van der Waals surface area (Å²) in [4.78, 5) is 4.63. The van der Waals surface area contributed by atoms with E-state index >= 15 is 0 Å². The van der Waals surface area contributed by atoms with E-state index in [-0.39, 0.29) is 5.82 Å². The van der Waals surface area contributed by atoms with Gasteiger partial charge in [0.05, 0.1) is 17.4 Å². The highest BCUT2D eigenvalue weighted by Crippen LogP contribution is 2.52. The Hall–Kier alpha value is -2.80. The fraction of sp³-hybridized carbons (Fsp3) is 0.350. The number of nitrogens with zero attached hydrogens (tertiary/aromatic N) is 5. The molecular weight excluding hydrogens is 343 g/mol. The van der Waals surface area contributed by atoms with E-state index in [0.717, 1.165) is 46.6 Å². The summed E-state index contributed by atoms with van der Waals surface area (Å²) in [5, 5.41) is 13.2. The van der Waals surface area contributed by atoms with Gasteiger partial charge in [0, 0.05) is 48.3 Å². The molecule has 1 saturated heterocycles. The molecule has 2 aliphatic rings. The first kappa shape index (κ1) is 15.3. The molecule has 1 aliphatic heterocycles. The van der Waals surface area contributed by atoms with Crippen molar-refractivity contribution in [1.82, 2.24) is 29.7 Å². The van der Waals surface area contributed by atoms with Crippen LogP contribution in [0.5, 0.6) is 0 Å². The van der Waals surface area contributed by atoms with Crippen LogP contribution >= 0.6 is 0 Å². The Bertz CT molecular complexity index is 1210. The molecule has 1 aliphatic carbocycles. The van der Waals surface area contributed by atoms with Crippen molar-refractivity contribution in [1.29, 1.82) is 0 Å². The number of hydrogen-bond donors (Lipinski definition) is 1. The highest BCUT2D eigenvalue weighted by molar-refractivity contribution is 5.85. The van der Waals surface area contributed by atoms with E-state index in [1.54, 1.807) is 16.8 Å². The molecule has 27 heavy (non-hydrogen) atoms. The minimum atomic E-state index is -0.299. The number of rotatable bonds is 2. The average molecular weight is 362 g/mol. The summed E-state index contributed by atoms with van der Waals surface area (Å²) < 4.78 is 18.7. The lowest BCUT2D eigenvalue weighted by Crippen LogP contribution is -2.16. The Morgan fingerprint density at radius 2 is 2.00 bits per heavy atom. The topological polar surface area (TPSA) is 60.0 Å². The summed E-state index contributed by atoms with van der Waals surface area (Å²) in [5.41, 5.74) is 4.73. The third kappa shape index (κ3) is 2.06. The maximum absolute atomic E-state index is 14.9. The van der Waals surface area contributed by atoms with Gasteiger partial charge in [0.2, 0.25) is 0 Å². The second kappa shape index (κ2) is 5.13. The smallest absolute Gasteiger partial charge is 0.157 e. The molecule has 1 unspecified atom stereocenters. The summed E-state index contributed by atoms with van der Waals surface area (Å²) in [6.07, 6.45) is 3.74. The quantitative estimate of drug-likeness (QED) is 0.596. The van der Waals surface area contributed by atoms with Crippen molar-refractivity contribution >= 4 is 16.6 Å². The Balaban J connectivity index is 1.51. The van der Waals surface area contributed by atoms with E-state index in [2.05, 4.69) is 20.5 Å². The third-order valence-corrected chi connectivity index (χ3v) is 6.09. The summed E-state index contributed by atoms with van der Waals surface area (Å²) in [5.74, 6) is 0.970. The zero-order valence-corrected chi connectivity index (χ0v) is 15.1. The molecule has 3 atom stereocenters. The molecule has 0 bridgehead atoms. The molecule has 136 valence electrons. The van der Waals surface area contributed by atoms with E-state index in [0.29, 0.717) is 23.4 Å². The van der Waals surface area contributed by atoms with Crippen molar-refractivity contribution in [3.05, 3.63) is 47.7 Å². The minimum absolute atomic E-state index is 0.299. The van der Waals surface area contributed by atoms with Crippen LogP contribution in [-0.4, -0.2) is 37.5 Å². The van der Waals surface area contributed by atoms with Crippen LogP contribution in [0.25, 0.3) is 27.8 Å². The van der Waals surface area contributed by atoms with Gasteiger partial charge in [0.1, 0.15) is 5.52 Å². The molecule has 2 fully saturated rings. The largest absolute Gasteiger partial charge is 0.316 e. The van der Waals surface area contributed by atoms with Crippen LogP contribution in [0.3, 0.4) is 0 Å². The van der Waals surface area contributed by atoms with Crippen molar-refractivity contribution in [2.75, 3.05) is 13.1 Å². The predicted molar refractivity (Wildman–Crippen MR) is 100 cm³/mol. The zero-order valence-electron chi connectivity index (χ0n) is 15.1. The summed E-state index contributed by atoms with van der Waals surface area (Å²) in [6, 6.07) is 5.89. The molecule has 1 aromatic carbocycles. The first-order chi connectivity index (χ1) is 13.1. The lowest BCUT2D eigenvalue weighted by Gasteiger charge is -2.04. The molecular formula is C20H19FN6. The molecule has 4 aromatic rings. The number of hydrogen-bond acceptors (Lipinski definition) is 4. The lowest BCUT2D eigenvalue weighted by molar-refractivity contribution is 0.524. The Kier molecular flexibility index (Phi) is 2.90. The van der Waals surface area contributed by atoms with Gasteiger partial charge in [-0.2, -0.15) is 10.2 Å². The number of nitrogens with one attached hydrogen (secondary N) is 1. The lowest BCUT2D eigenvalue weighted by atomic mass is 10.1. The monoisotopic (exact) mass is 362 g/mol. The van der Waals surface area contributed by atoms with Crippen LogP contribution in [0.1, 0.15) is 17.3 Å². The number of imidazole rings is 1. The van der Waals surface area contributed by atoms with Crippen molar-refractivity contribution in [3.63, 3.8) is 0 Å². The van der Waals surface area contributed by atoms with Gasteiger partial charge < -0.3 is 5.32 Å². The molecule has 6 rings (SSSR count). The average Bonchev–Trinajstić information content (AvgIpc) is 3.05. The summed E-state index contributed by atoms with van der Waals surface area (Å²) in [7, 11) is 0. The van der Waals surface area contributed by atoms with Gasteiger partial charge in [-0.3, -0.25) is 4.68 Å². The Labute approximate surface area is 155 Å². The fourth-order valence-electron chi connectivity index (χ4n) is 4.68. The number of fused-ring (bicyclic) bond motifs is 3. The number of halogens is 1. The van der Waals surface area contributed by atoms with Crippen LogP contribution in [0.15, 0.2) is 30.6 Å². The van der Waals surface area contributed by atoms with Crippen LogP contribution < -0.4 is 5.32 Å². The molecule has 4 heterocycles. The SMILES string of the molecule is Cc1nc2c(C)ccnn2c1-c1cc(F)c2nn(C3[C@H]4CNC[C@@H]34)cc2c1. The fourth-order valence-corrected chi connectivity index (χ4v) is 4.68. The molecule has 1 saturated carbocycles. The molecule has 1 N–H and O–H groups in total. The molecule has 0 amide bonds. The predicted octanol–water partition coefficient (Wildman–Crippen LogP) is 2.89. The zero-order chi connectivity index (χ0) is 18.3. The minimum Gasteiger partial charge on any atom is -0.316 e. The number of piperidine rings is 1. The second-order valence-corrected chi connectivity index (χ2v) is 7.78. The van der Waals surface area contributed by atoms with E-state index in [9.17, 15) is 4.39 Å². The van der Waals surface area contributed by atoms with Gasteiger partial charge in [-0.15, -0.1) is 0 Å². The molecule has 0 spiro atoms. The van der Waals surface area contributed by atoms with Crippen LogP contribution in [0.4, 0.5) is 4.39 Å². The normalized spacial score (nSPS) is 24.0. The molecule has 3 aromatic heterocycles. The van der Waals surface area contributed by atoms with Gasteiger partial charge in [-0.05, 0) is 37.6 Å². The standard InChI is InChI=1S/C20H19FN6/c1-10-3-4-23-27-18(11(2)24-20(10)27)12-5-13-9-26(25-17(13)16(21)6-12)19-14-7-22-8-15(14)19/h3-6,9,14-15,19,22H,7-8H2,1-2H3/t14-,15+,19?. The van der Waals surface area contributed by atoms with Crippen molar-refractivity contribution in [3.8, 4) is 11.3 Å². The maximum Gasteiger partial charge on any atom is 0.157 e. The number of aryl methyl sites for hydroxylation is 2. The Morgan fingerprint density at radius 1 is 1.19 bits per heavy atom. The second-order valence-electron chi connectivity index (χ2n) is 7.78. The van der Waals surface area contributed by atoms with Crippen LogP contribution in [-0.2, 0) is 0 Å². The van der Waals surface area contributed by atoms with E-state index in [4.69, 9.17) is 0 Å². The number of benzene rings is 1. The van der Waals surface area contributed by atoms with E-state index in [1.165, 1.54) is 0 Å². The van der Waals surface area contributed by atoms with Gasteiger partial charge in [-0.25, -0.2) is 13.9 Å². The van der Waals surface area contributed by atoms with E-state index < -0.39 is 0 Å².